The van der Waals surface area contributed by atoms with Crippen LogP contribution >= 0.6 is 0 Å². The standard InChI is InChI=1S/C43H82O6/c1-6-7-8-9-10-11-18-23-28-33-41(44)47-36-40(49-43(46)35-30-25-20-15-13-17-22-27-32-39(4)5)37-48-42(45)34-29-24-19-14-12-16-21-26-31-38(2)3/h38-40H,6-37H2,1-5H3/t40-/m0/s1. The summed E-state index contributed by atoms with van der Waals surface area (Å²) in [6.07, 6.45) is 32.4. The largest absolute Gasteiger partial charge is 0.462 e. The van der Waals surface area contributed by atoms with E-state index in [1.165, 1.54) is 116 Å². The number of hydrogen-bond donors (Lipinski definition) is 0. The molecule has 0 aliphatic carbocycles. The summed E-state index contributed by atoms with van der Waals surface area (Å²) in [5.74, 6) is 0.722. The van der Waals surface area contributed by atoms with Gasteiger partial charge in [0.15, 0.2) is 6.10 Å². The van der Waals surface area contributed by atoms with Crippen molar-refractivity contribution in [2.75, 3.05) is 13.2 Å². The Morgan fingerprint density at radius 1 is 0.388 bits per heavy atom. The lowest BCUT2D eigenvalue weighted by Gasteiger charge is -2.18. The van der Waals surface area contributed by atoms with E-state index in [0.29, 0.717) is 19.3 Å². The average molecular weight is 695 g/mol. The van der Waals surface area contributed by atoms with Gasteiger partial charge < -0.3 is 14.2 Å². The summed E-state index contributed by atoms with van der Waals surface area (Å²) in [7, 11) is 0. The lowest BCUT2D eigenvalue weighted by molar-refractivity contribution is -0.167. The quantitative estimate of drug-likeness (QED) is 0.0366. The first-order valence-corrected chi connectivity index (χ1v) is 21.2. The van der Waals surface area contributed by atoms with Crippen molar-refractivity contribution in [3.63, 3.8) is 0 Å². The van der Waals surface area contributed by atoms with Crippen LogP contribution in [0.15, 0.2) is 0 Å². The first-order valence-electron chi connectivity index (χ1n) is 21.2. The number of unbranched alkanes of at least 4 members (excludes halogenated alkanes) is 22. The first-order chi connectivity index (χ1) is 23.7. The van der Waals surface area contributed by atoms with Crippen molar-refractivity contribution in [3.05, 3.63) is 0 Å². The minimum absolute atomic E-state index is 0.0662. The second-order valence-corrected chi connectivity index (χ2v) is 15.6. The summed E-state index contributed by atoms with van der Waals surface area (Å²) in [6.45, 7) is 11.2. The molecule has 0 unspecified atom stereocenters. The fraction of sp³-hybridized carbons (Fsp3) is 0.930. The maximum absolute atomic E-state index is 12.6. The molecule has 0 aromatic rings. The molecule has 0 heterocycles. The summed E-state index contributed by atoms with van der Waals surface area (Å²) >= 11 is 0. The fourth-order valence-corrected chi connectivity index (χ4v) is 6.22. The number of carbonyl (C=O) groups excluding carboxylic acids is 3. The number of rotatable bonds is 37. The Bertz CT molecular complexity index is 749. The van der Waals surface area contributed by atoms with Gasteiger partial charge in [-0.05, 0) is 31.1 Å². The third-order valence-electron chi connectivity index (χ3n) is 9.47. The zero-order chi connectivity index (χ0) is 36.2. The van der Waals surface area contributed by atoms with Crippen molar-refractivity contribution >= 4 is 17.9 Å². The molecule has 0 aromatic heterocycles. The van der Waals surface area contributed by atoms with E-state index in [1.54, 1.807) is 0 Å². The number of hydrogen-bond acceptors (Lipinski definition) is 6. The monoisotopic (exact) mass is 695 g/mol. The molecule has 0 N–H and O–H groups in total. The van der Waals surface area contributed by atoms with E-state index in [0.717, 1.165) is 69.6 Å². The van der Waals surface area contributed by atoms with Crippen LogP contribution in [0, 0.1) is 11.8 Å². The first kappa shape index (κ1) is 47.4. The molecule has 0 aromatic carbocycles. The summed E-state index contributed by atoms with van der Waals surface area (Å²) in [6, 6.07) is 0. The van der Waals surface area contributed by atoms with Crippen molar-refractivity contribution in [2.24, 2.45) is 11.8 Å². The van der Waals surface area contributed by atoms with Crippen molar-refractivity contribution in [1.82, 2.24) is 0 Å². The minimum atomic E-state index is -0.759. The van der Waals surface area contributed by atoms with Gasteiger partial charge >= 0.3 is 17.9 Å². The number of carbonyl (C=O) groups is 3. The molecular formula is C43H82O6. The molecule has 290 valence electrons. The molecule has 6 heteroatoms. The van der Waals surface area contributed by atoms with Crippen LogP contribution in [0.3, 0.4) is 0 Å². The Morgan fingerprint density at radius 3 is 1.00 bits per heavy atom. The molecule has 0 radical (unpaired) electrons. The van der Waals surface area contributed by atoms with Gasteiger partial charge in [-0.2, -0.15) is 0 Å². The molecule has 0 spiro atoms. The molecule has 0 aliphatic heterocycles. The second-order valence-electron chi connectivity index (χ2n) is 15.6. The topological polar surface area (TPSA) is 78.9 Å². The molecule has 0 fully saturated rings. The van der Waals surface area contributed by atoms with Crippen LogP contribution in [0.2, 0.25) is 0 Å². The molecule has 1 atom stereocenters. The second kappa shape index (κ2) is 36.2. The van der Waals surface area contributed by atoms with Crippen LogP contribution in [-0.2, 0) is 28.6 Å². The average Bonchev–Trinajstić information content (AvgIpc) is 3.06. The third kappa shape index (κ3) is 37.5. The van der Waals surface area contributed by atoms with Gasteiger partial charge in [0.25, 0.3) is 0 Å². The highest BCUT2D eigenvalue weighted by Gasteiger charge is 2.19. The predicted octanol–water partition coefficient (Wildman–Crippen LogP) is 13.0. The van der Waals surface area contributed by atoms with Crippen molar-refractivity contribution < 1.29 is 28.6 Å². The Labute approximate surface area is 304 Å². The Balaban J connectivity index is 4.35. The van der Waals surface area contributed by atoms with Gasteiger partial charge in [-0.3, -0.25) is 14.4 Å². The van der Waals surface area contributed by atoms with Crippen molar-refractivity contribution in [3.8, 4) is 0 Å². The molecule has 0 amide bonds. The Kier molecular flexibility index (Phi) is 35.0. The van der Waals surface area contributed by atoms with Crippen molar-refractivity contribution in [2.45, 2.75) is 233 Å². The maximum atomic E-state index is 12.6. The normalized spacial score (nSPS) is 12.1. The van der Waals surface area contributed by atoms with Gasteiger partial charge in [-0.15, -0.1) is 0 Å². The van der Waals surface area contributed by atoms with Crippen LogP contribution in [0.5, 0.6) is 0 Å². The predicted molar refractivity (Wildman–Crippen MR) is 206 cm³/mol. The van der Waals surface area contributed by atoms with Crippen molar-refractivity contribution in [1.29, 1.82) is 0 Å². The minimum Gasteiger partial charge on any atom is -0.462 e. The zero-order valence-corrected chi connectivity index (χ0v) is 33.3. The molecule has 0 rings (SSSR count). The molecule has 49 heavy (non-hydrogen) atoms. The lowest BCUT2D eigenvalue weighted by Crippen LogP contribution is -2.30. The van der Waals surface area contributed by atoms with E-state index in [1.807, 2.05) is 0 Å². The third-order valence-corrected chi connectivity index (χ3v) is 9.47. The summed E-state index contributed by atoms with van der Waals surface area (Å²) in [5, 5.41) is 0. The van der Waals surface area contributed by atoms with E-state index in [4.69, 9.17) is 14.2 Å². The van der Waals surface area contributed by atoms with Gasteiger partial charge in [0, 0.05) is 19.3 Å². The zero-order valence-electron chi connectivity index (χ0n) is 33.3. The number of ether oxygens (including phenoxy) is 3. The lowest BCUT2D eigenvalue weighted by atomic mass is 10.0. The highest BCUT2D eigenvalue weighted by Crippen LogP contribution is 2.16. The van der Waals surface area contributed by atoms with E-state index in [-0.39, 0.29) is 31.1 Å². The molecule has 0 saturated heterocycles. The molecule has 6 nitrogen and oxygen atoms in total. The maximum Gasteiger partial charge on any atom is 0.306 e. The number of esters is 3. The molecule has 0 saturated carbocycles. The van der Waals surface area contributed by atoms with Gasteiger partial charge in [0.05, 0.1) is 0 Å². The van der Waals surface area contributed by atoms with Gasteiger partial charge in [0.1, 0.15) is 13.2 Å². The van der Waals surface area contributed by atoms with Crippen LogP contribution in [0.4, 0.5) is 0 Å². The van der Waals surface area contributed by atoms with Crippen LogP contribution < -0.4 is 0 Å². The smallest absolute Gasteiger partial charge is 0.306 e. The fourth-order valence-electron chi connectivity index (χ4n) is 6.22. The summed E-state index contributed by atoms with van der Waals surface area (Å²) in [4.78, 5) is 37.5. The van der Waals surface area contributed by atoms with Crippen LogP contribution in [-0.4, -0.2) is 37.2 Å². The van der Waals surface area contributed by atoms with Gasteiger partial charge in [-0.1, -0.05) is 189 Å². The summed E-state index contributed by atoms with van der Waals surface area (Å²) < 4.78 is 16.6. The highest BCUT2D eigenvalue weighted by molar-refractivity contribution is 5.71. The van der Waals surface area contributed by atoms with E-state index < -0.39 is 6.10 Å². The van der Waals surface area contributed by atoms with E-state index in [2.05, 4.69) is 34.6 Å². The SMILES string of the molecule is CCCCCCCCCCCC(=O)OC[C@@H](COC(=O)CCCCCCCCCCC(C)C)OC(=O)CCCCCCCCCCC(C)C. The highest BCUT2D eigenvalue weighted by atomic mass is 16.6. The van der Waals surface area contributed by atoms with Gasteiger partial charge in [0.2, 0.25) is 0 Å². The van der Waals surface area contributed by atoms with Crippen LogP contribution in [0.1, 0.15) is 227 Å². The molecular weight excluding hydrogens is 612 g/mol. The summed E-state index contributed by atoms with van der Waals surface area (Å²) in [5.41, 5.74) is 0. The van der Waals surface area contributed by atoms with Gasteiger partial charge in [-0.25, -0.2) is 0 Å². The van der Waals surface area contributed by atoms with E-state index in [9.17, 15) is 14.4 Å². The Morgan fingerprint density at radius 2 is 0.673 bits per heavy atom. The van der Waals surface area contributed by atoms with E-state index >= 15 is 0 Å². The molecule has 0 aliphatic rings. The Hall–Kier alpha value is -1.59. The van der Waals surface area contributed by atoms with Crippen LogP contribution in [0.25, 0.3) is 0 Å². The molecule has 0 bridgehead atoms.